The summed E-state index contributed by atoms with van der Waals surface area (Å²) in [5.74, 6) is 0.936. The van der Waals surface area contributed by atoms with Gasteiger partial charge in [0.25, 0.3) is 0 Å². The van der Waals surface area contributed by atoms with Gasteiger partial charge in [-0.1, -0.05) is 51.3 Å². The van der Waals surface area contributed by atoms with Gasteiger partial charge in [-0.3, -0.25) is 0 Å². The van der Waals surface area contributed by atoms with Crippen molar-refractivity contribution in [1.82, 2.24) is 0 Å². The highest BCUT2D eigenvalue weighted by molar-refractivity contribution is 5.73. The Balaban J connectivity index is 2.09. The zero-order chi connectivity index (χ0) is 16.4. The second-order valence-electron chi connectivity index (χ2n) is 7.00. The fourth-order valence-corrected chi connectivity index (χ4v) is 3.64. The fourth-order valence-electron chi connectivity index (χ4n) is 3.64. The van der Waals surface area contributed by atoms with Crippen molar-refractivity contribution in [1.29, 1.82) is 0 Å². The van der Waals surface area contributed by atoms with E-state index < -0.39 is 0 Å². The van der Waals surface area contributed by atoms with Crippen molar-refractivity contribution < 1.29 is 9.50 Å². The van der Waals surface area contributed by atoms with E-state index in [1.54, 1.807) is 12.1 Å². The van der Waals surface area contributed by atoms with Crippen LogP contribution in [0.4, 0.5) is 4.39 Å². The first-order valence-corrected chi connectivity index (χ1v) is 8.69. The van der Waals surface area contributed by atoms with Crippen LogP contribution in [0.3, 0.4) is 0 Å². The third-order valence-electron chi connectivity index (χ3n) is 5.02. The molecule has 1 N–H and O–H groups in total. The molecule has 0 aliphatic heterocycles. The van der Waals surface area contributed by atoms with Crippen LogP contribution in [0.5, 0.6) is 5.75 Å². The lowest BCUT2D eigenvalue weighted by molar-refractivity contribution is 0.440. The molecule has 1 aliphatic carbocycles. The highest BCUT2D eigenvalue weighted by atomic mass is 19.1. The van der Waals surface area contributed by atoms with Crippen LogP contribution in [0.1, 0.15) is 68.9 Å². The van der Waals surface area contributed by atoms with Crippen LogP contribution < -0.4 is 0 Å². The molecule has 2 aromatic rings. The minimum atomic E-state index is -0.249. The first-order chi connectivity index (χ1) is 11.1. The second-order valence-corrected chi connectivity index (χ2v) is 7.00. The monoisotopic (exact) mass is 312 g/mol. The summed E-state index contributed by atoms with van der Waals surface area (Å²) in [5, 5.41) is 10.7. The molecule has 0 bridgehead atoms. The Labute approximate surface area is 138 Å². The SMILES string of the molecule is CC(C)c1cc(C2CCCCC2)cc(-c2ccc(F)cc2)c1O. The van der Waals surface area contributed by atoms with Gasteiger partial charge in [0.2, 0.25) is 0 Å². The maximum absolute atomic E-state index is 13.2. The molecule has 1 nitrogen and oxygen atoms in total. The minimum absolute atomic E-state index is 0.249. The van der Waals surface area contributed by atoms with Crippen molar-refractivity contribution in [3.05, 3.63) is 53.3 Å². The van der Waals surface area contributed by atoms with Gasteiger partial charge in [-0.15, -0.1) is 0 Å². The molecule has 1 saturated carbocycles. The van der Waals surface area contributed by atoms with Crippen LogP contribution in [-0.4, -0.2) is 5.11 Å². The van der Waals surface area contributed by atoms with Crippen molar-refractivity contribution in [2.24, 2.45) is 0 Å². The zero-order valence-electron chi connectivity index (χ0n) is 14.0. The molecule has 0 unspecified atom stereocenters. The van der Waals surface area contributed by atoms with E-state index in [1.807, 2.05) is 0 Å². The van der Waals surface area contributed by atoms with E-state index in [1.165, 1.54) is 49.8 Å². The Bertz CT molecular complexity index is 667. The van der Waals surface area contributed by atoms with Gasteiger partial charge in [-0.05, 0) is 59.6 Å². The molecular formula is C21H25FO. The lowest BCUT2D eigenvalue weighted by Gasteiger charge is -2.24. The van der Waals surface area contributed by atoms with Crippen LogP contribution in [0, 0.1) is 5.82 Å². The molecule has 2 heteroatoms. The number of phenolic OH excluding ortho intramolecular Hbond substituents is 1. The molecule has 0 aromatic heterocycles. The molecule has 3 rings (SSSR count). The quantitative estimate of drug-likeness (QED) is 0.698. The molecular weight excluding hydrogens is 287 g/mol. The van der Waals surface area contributed by atoms with Crippen molar-refractivity contribution >= 4 is 0 Å². The predicted octanol–water partition coefficient (Wildman–Crippen LogP) is 6.37. The van der Waals surface area contributed by atoms with Gasteiger partial charge < -0.3 is 5.11 Å². The van der Waals surface area contributed by atoms with Gasteiger partial charge in [0.05, 0.1) is 0 Å². The largest absolute Gasteiger partial charge is 0.507 e. The van der Waals surface area contributed by atoms with Gasteiger partial charge in [-0.25, -0.2) is 4.39 Å². The zero-order valence-corrected chi connectivity index (χ0v) is 14.0. The summed E-state index contributed by atoms with van der Waals surface area (Å²) >= 11 is 0. The highest BCUT2D eigenvalue weighted by Gasteiger charge is 2.20. The van der Waals surface area contributed by atoms with Gasteiger partial charge in [-0.2, -0.15) is 0 Å². The topological polar surface area (TPSA) is 20.2 Å². The molecule has 0 saturated heterocycles. The Kier molecular flexibility index (Phi) is 4.70. The number of rotatable bonds is 3. The Morgan fingerprint density at radius 3 is 2.26 bits per heavy atom. The minimum Gasteiger partial charge on any atom is -0.507 e. The second kappa shape index (κ2) is 6.74. The standard InChI is InChI=1S/C21H25FO/c1-14(2)19-12-17(15-6-4-3-5-7-15)13-20(21(19)23)16-8-10-18(22)11-9-16/h8-15,23H,3-7H2,1-2H3. The molecule has 1 fully saturated rings. The number of aromatic hydroxyl groups is 1. The smallest absolute Gasteiger partial charge is 0.126 e. The summed E-state index contributed by atoms with van der Waals surface area (Å²) in [5.41, 5.74) is 4.03. The maximum atomic E-state index is 13.2. The van der Waals surface area contributed by atoms with Crippen molar-refractivity contribution in [2.45, 2.75) is 57.8 Å². The van der Waals surface area contributed by atoms with Gasteiger partial charge in [0.15, 0.2) is 0 Å². The van der Waals surface area contributed by atoms with Crippen LogP contribution >= 0.6 is 0 Å². The Hall–Kier alpha value is -1.83. The highest BCUT2D eigenvalue weighted by Crippen LogP contribution is 2.41. The Morgan fingerprint density at radius 1 is 1.00 bits per heavy atom. The average Bonchev–Trinajstić information content (AvgIpc) is 2.56. The average molecular weight is 312 g/mol. The van der Waals surface area contributed by atoms with Crippen LogP contribution in [0.15, 0.2) is 36.4 Å². The van der Waals surface area contributed by atoms with E-state index in [0.717, 1.165) is 16.7 Å². The van der Waals surface area contributed by atoms with E-state index in [9.17, 15) is 9.50 Å². The van der Waals surface area contributed by atoms with Gasteiger partial charge >= 0.3 is 0 Å². The van der Waals surface area contributed by atoms with Crippen molar-refractivity contribution in [2.75, 3.05) is 0 Å². The maximum Gasteiger partial charge on any atom is 0.126 e. The van der Waals surface area contributed by atoms with Crippen LogP contribution in [-0.2, 0) is 0 Å². The van der Waals surface area contributed by atoms with Crippen LogP contribution in [0.2, 0.25) is 0 Å². The summed E-state index contributed by atoms with van der Waals surface area (Å²) in [4.78, 5) is 0. The molecule has 0 amide bonds. The fraction of sp³-hybridized carbons (Fsp3) is 0.429. The predicted molar refractivity (Wildman–Crippen MR) is 93.4 cm³/mol. The van der Waals surface area contributed by atoms with Crippen LogP contribution in [0.25, 0.3) is 11.1 Å². The summed E-state index contributed by atoms with van der Waals surface area (Å²) < 4.78 is 13.2. The molecule has 0 radical (unpaired) electrons. The molecule has 0 spiro atoms. The number of phenols is 1. The third-order valence-corrected chi connectivity index (χ3v) is 5.02. The lowest BCUT2D eigenvalue weighted by atomic mass is 9.81. The van der Waals surface area contributed by atoms with E-state index in [4.69, 9.17) is 0 Å². The summed E-state index contributed by atoms with van der Waals surface area (Å²) in [6.45, 7) is 4.21. The summed E-state index contributed by atoms with van der Waals surface area (Å²) in [6.07, 6.45) is 6.36. The molecule has 0 atom stereocenters. The molecule has 0 heterocycles. The van der Waals surface area contributed by atoms with E-state index in [-0.39, 0.29) is 11.7 Å². The number of hydrogen-bond donors (Lipinski definition) is 1. The molecule has 2 aromatic carbocycles. The molecule has 1 aliphatic rings. The normalized spacial score (nSPS) is 16.0. The van der Waals surface area contributed by atoms with Gasteiger partial charge in [0.1, 0.15) is 11.6 Å². The molecule has 23 heavy (non-hydrogen) atoms. The first-order valence-electron chi connectivity index (χ1n) is 8.69. The third kappa shape index (κ3) is 3.41. The number of benzene rings is 2. The Morgan fingerprint density at radius 2 is 1.65 bits per heavy atom. The van der Waals surface area contributed by atoms with E-state index in [0.29, 0.717) is 11.7 Å². The van der Waals surface area contributed by atoms with Gasteiger partial charge in [0, 0.05) is 5.56 Å². The van der Waals surface area contributed by atoms with Crippen molar-refractivity contribution in [3.8, 4) is 16.9 Å². The number of halogens is 1. The van der Waals surface area contributed by atoms with Crippen molar-refractivity contribution in [3.63, 3.8) is 0 Å². The first kappa shape index (κ1) is 16.0. The summed E-state index contributed by atoms with van der Waals surface area (Å²) in [6, 6.07) is 10.7. The molecule has 122 valence electrons. The lowest BCUT2D eigenvalue weighted by Crippen LogP contribution is -2.06. The van der Waals surface area contributed by atoms with E-state index >= 15 is 0 Å². The number of hydrogen-bond acceptors (Lipinski definition) is 1. The van der Waals surface area contributed by atoms with E-state index in [2.05, 4.69) is 26.0 Å². The summed E-state index contributed by atoms with van der Waals surface area (Å²) in [7, 11) is 0.